The number of para-hydroxylation sites is 1. The Morgan fingerprint density at radius 1 is 1.10 bits per heavy atom. The minimum absolute atomic E-state index is 0.0719. The zero-order chi connectivity index (χ0) is 20.2. The number of amides is 1. The lowest BCUT2D eigenvalue weighted by Crippen LogP contribution is -2.14. The summed E-state index contributed by atoms with van der Waals surface area (Å²) < 4.78 is 1.81. The van der Waals surface area contributed by atoms with Crippen molar-refractivity contribution >= 4 is 34.4 Å². The van der Waals surface area contributed by atoms with Crippen molar-refractivity contribution in [2.24, 2.45) is 0 Å². The second-order valence-corrected chi connectivity index (χ2v) is 7.61. The van der Waals surface area contributed by atoms with E-state index in [4.69, 9.17) is 0 Å². The largest absolute Gasteiger partial charge is 0.325 e. The molecule has 0 atom stereocenters. The summed E-state index contributed by atoms with van der Waals surface area (Å²) in [6.07, 6.45) is 4.25. The van der Waals surface area contributed by atoms with E-state index in [0.717, 1.165) is 39.4 Å². The lowest BCUT2D eigenvalue weighted by Gasteiger charge is -2.07. The van der Waals surface area contributed by atoms with Gasteiger partial charge >= 0.3 is 0 Å². The summed E-state index contributed by atoms with van der Waals surface area (Å²) in [5.41, 5.74) is 4.86. The number of benzene rings is 2. The van der Waals surface area contributed by atoms with Crippen LogP contribution < -0.4 is 5.32 Å². The van der Waals surface area contributed by atoms with Gasteiger partial charge in [0.15, 0.2) is 5.65 Å². The van der Waals surface area contributed by atoms with Crippen molar-refractivity contribution in [3.8, 4) is 5.69 Å². The minimum Gasteiger partial charge on any atom is -0.325 e. The van der Waals surface area contributed by atoms with Gasteiger partial charge in [-0.15, -0.1) is 0 Å². The standard InChI is InChI=1S/C22H21N5OS/c1-3-16-8-10-17(11-9-16)26-20(28)13-29-22-18-12-25-27(21(18)23-14-24-22)19-7-5-4-6-15(19)2/h4-12,14H,3,13H2,1-2H3,(H,26,28). The van der Waals surface area contributed by atoms with Crippen LogP contribution in [0.3, 0.4) is 0 Å². The molecule has 0 saturated carbocycles. The highest BCUT2D eigenvalue weighted by Gasteiger charge is 2.14. The molecule has 0 fully saturated rings. The fraction of sp³-hybridized carbons (Fsp3) is 0.182. The fourth-order valence-corrected chi connectivity index (χ4v) is 3.83. The van der Waals surface area contributed by atoms with Crippen LogP contribution in [0.4, 0.5) is 5.69 Å². The third kappa shape index (κ3) is 4.14. The Morgan fingerprint density at radius 2 is 1.90 bits per heavy atom. The molecule has 0 aliphatic heterocycles. The summed E-state index contributed by atoms with van der Waals surface area (Å²) in [6, 6.07) is 15.9. The van der Waals surface area contributed by atoms with Crippen molar-refractivity contribution in [1.82, 2.24) is 19.7 Å². The highest BCUT2D eigenvalue weighted by atomic mass is 32.2. The first-order valence-corrected chi connectivity index (χ1v) is 10.4. The number of hydrogen-bond donors (Lipinski definition) is 1. The number of carbonyl (C=O) groups excluding carboxylic acids is 1. The number of fused-ring (bicyclic) bond motifs is 1. The molecule has 7 heteroatoms. The van der Waals surface area contributed by atoms with E-state index in [9.17, 15) is 4.79 Å². The Balaban J connectivity index is 1.50. The average Bonchev–Trinajstić information content (AvgIpc) is 3.18. The summed E-state index contributed by atoms with van der Waals surface area (Å²) in [7, 11) is 0. The number of hydrogen-bond acceptors (Lipinski definition) is 5. The van der Waals surface area contributed by atoms with Crippen molar-refractivity contribution in [2.45, 2.75) is 25.3 Å². The average molecular weight is 404 g/mol. The lowest BCUT2D eigenvalue weighted by atomic mass is 10.1. The fourth-order valence-electron chi connectivity index (χ4n) is 3.07. The van der Waals surface area contributed by atoms with Gasteiger partial charge in [-0.25, -0.2) is 14.6 Å². The Morgan fingerprint density at radius 3 is 2.66 bits per heavy atom. The van der Waals surface area contributed by atoms with E-state index in [1.807, 2.05) is 60.1 Å². The van der Waals surface area contributed by atoms with E-state index >= 15 is 0 Å². The number of thioether (sulfide) groups is 1. The van der Waals surface area contributed by atoms with E-state index in [1.165, 1.54) is 23.7 Å². The predicted octanol–water partition coefficient (Wildman–Crippen LogP) is 4.42. The van der Waals surface area contributed by atoms with Crippen LogP contribution in [0.25, 0.3) is 16.7 Å². The number of nitrogens with one attached hydrogen (secondary N) is 1. The van der Waals surface area contributed by atoms with Gasteiger partial charge in [-0.1, -0.05) is 49.0 Å². The van der Waals surface area contributed by atoms with Crippen molar-refractivity contribution < 1.29 is 4.79 Å². The number of aromatic nitrogens is 4. The molecule has 1 N–H and O–H groups in total. The molecule has 0 radical (unpaired) electrons. The van der Waals surface area contributed by atoms with Gasteiger partial charge in [0.05, 0.1) is 23.0 Å². The Labute approximate surface area is 173 Å². The maximum absolute atomic E-state index is 12.4. The Hall–Kier alpha value is -3.19. The van der Waals surface area contributed by atoms with Gasteiger partial charge in [-0.3, -0.25) is 4.79 Å². The van der Waals surface area contributed by atoms with E-state index in [-0.39, 0.29) is 11.7 Å². The van der Waals surface area contributed by atoms with E-state index in [0.29, 0.717) is 0 Å². The third-order valence-corrected chi connectivity index (χ3v) is 5.66. The van der Waals surface area contributed by atoms with Crippen molar-refractivity contribution in [2.75, 3.05) is 11.1 Å². The molecule has 29 heavy (non-hydrogen) atoms. The molecule has 0 unspecified atom stereocenters. The van der Waals surface area contributed by atoms with Crippen LogP contribution in [-0.2, 0) is 11.2 Å². The third-order valence-electron chi connectivity index (χ3n) is 4.66. The van der Waals surface area contributed by atoms with Crippen LogP contribution in [0, 0.1) is 6.92 Å². The van der Waals surface area contributed by atoms with Crippen LogP contribution in [0.5, 0.6) is 0 Å². The van der Waals surface area contributed by atoms with Gasteiger partial charge in [0.1, 0.15) is 11.4 Å². The van der Waals surface area contributed by atoms with Gasteiger partial charge in [0, 0.05) is 5.69 Å². The molecule has 1 amide bonds. The van der Waals surface area contributed by atoms with Gasteiger partial charge in [0.2, 0.25) is 5.91 Å². The molecule has 2 heterocycles. The number of anilines is 1. The topological polar surface area (TPSA) is 72.7 Å². The van der Waals surface area contributed by atoms with Gasteiger partial charge < -0.3 is 5.32 Å². The SMILES string of the molecule is CCc1ccc(NC(=O)CSc2ncnc3c2cnn3-c2ccccc2C)cc1. The van der Waals surface area contributed by atoms with Crippen molar-refractivity contribution in [3.63, 3.8) is 0 Å². The molecule has 0 aliphatic carbocycles. The zero-order valence-electron chi connectivity index (χ0n) is 16.3. The van der Waals surface area contributed by atoms with Gasteiger partial charge in [-0.2, -0.15) is 5.10 Å². The smallest absolute Gasteiger partial charge is 0.234 e. The molecule has 0 spiro atoms. The van der Waals surface area contributed by atoms with E-state index in [2.05, 4.69) is 27.3 Å². The van der Waals surface area contributed by atoms with Crippen LogP contribution in [-0.4, -0.2) is 31.4 Å². The maximum Gasteiger partial charge on any atom is 0.234 e. The first-order chi connectivity index (χ1) is 14.2. The van der Waals surface area contributed by atoms with Crippen molar-refractivity contribution in [3.05, 3.63) is 72.2 Å². The molecular weight excluding hydrogens is 382 g/mol. The monoisotopic (exact) mass is 403 g/mol. The summed E-state index contributed by atoms with van der Waals surface area (Å²) >= 11 is 1.38. The summed E-state index contributed by atoms with van der Waals surface area (Å²) in [4.78, 5) is 21.1. The molecule has 0 aliphatic rings. The summed E-state index contributed by atoms with van der Waals surface area (Å²) in [5, 5.41) is 9.00. The molecule has 4 aromatic rings. The quantitative estimate of drug-likeness (QED) is 0.381. The maximum atomic E-state index is 12.4. The Bertz CT molecular complexity index is 1150. The molecule has 6 nitrogen and oxygen atoms in total. The number of aryl methyl sites for hydroxylation is 2. The van der Waals surface area contributed by atoms with Gasteiger partial charge in [-0.05, 0) is 42.7 Å². The summed E-state index contributed by atoms with van der Waals surface area (Å²) in [6.45, 7) is 4.14. The first-order valence-electron chi connectivity index (χ1n) is 9.42. The second-order valence-electron chi connectivity index (χ2n) is 6.65. The normalized spacial score (nSPS) is 11.0. The highest BCUT2D eigenvalue weighted by Crippen LogP contribution is 2.26. The highest BCUT2D eigenvalue weighted by molar-refractivity contribution is 8.00. The van der Waals surface area contributed by atoms with Crippen LogP contribution in [0.1, 0.15) is 18.1 Å². The minimum atomic E-state index is -0.0719. The zero-order valence-corrected chi connectivity index (χ0v) is 17.1. The number of carbonyl (C=O) groups is 1. The number of rotatable bonds is 6. The van der Waals surface area contributed by atoms with Crippen LogP contribution in [0.2, 0.25) is 0 Å². The molecule has 2 aromatic carbocycles. The molecular formula is C22H21N5OS. The molecule has 0 bridgehead atoms. The molecule has 2 aromatic heterocycles. The van der Waals surface area contributed by atoms with Crippen molar-refractivity contribution in [1.29, 1.82) is 0 Å². The molecule has 146 valence electrons. The van der Waals surface area contributed by atoms with Gasteiger partial charge in [0.25, 0.3) is 0 Å². The number of nitrogens with zero attached hydrogens (tertiary/aromatic N) is 4. The molecule has 4 rings (SSSR count). The first kappa shape index (κ1) is 19.1. The van der Waals surface area contributed by atoms with Crippen LogP contribution >= 0.6 is 11.8 Å². The lowest BCUT2D eigenvalue weighted by molar-refractivity contribution is -0.113. The summed E-state index contributed by atoms with van der Waals surface area (Å²) in [5.74, 6) is 0.189. The predicted molar refractivity (Wildman–Crippen MR) is 117 cm³/mol. The molecule has 0 saturated heterocycles. The second kappa shape index (κ2) is 8.45. The Kier molecular flexibility index (Phi) is 5.57. The van der Waals surface area contributed by atoms with E-state index in [1.54, 1.807) is 6.20 Å². The van der Waals surface area contributed by atoms with E-state index < -0.39 is 0 Å². The van der Waals surface area contributed by atoms with Crippen LogP contribution in [0.15, 0.2) is 66.1 Å².